The predicted molar refractivity (Wildman–Crippen MR) is 101 cm³/mol. The Balaban J connectivity index is 1.78. The Morgan fingerprint density at radius 3 is 2.68 bits per heavy atom. The van der Waals surface area contributed by atoms with Crippen molar-refractivity contribution in [3.63, 3.8) is 0 Å². The summed E-state index contributed by atoms with van der Waals surface area (Å²) in [6.45, 7) is 2.08. The van der Waals surface area contributed by atoms with E-state index in [1.54, 1.807) is 12.4 Å². The van der Waals surface area contributed by atoms with Crippen molar-refractivity contribution in [3.05, 3.63) is 35.5 Å². The SMILES string of the molecule is CC(NC(=O)c1sc(-c2ccncc2)cc1NC=O)C1CCCCC1. The third-order valence-electron chi connectivity index (χ3n) is 4.83. The first kappa shape index (κ1) is 17.6. The van der Waals surface area contributed by atoms with Gasteiger partial charge in [0.2, 0.25) is 6.41 Å². The fraction of sp³-hybridized carbons (Fsp3) is 0.421. The van der Waals surface area contributed by atoms with E-state index in [9.17, 15) is 9.59 Å². The molecule has 1 fully saturated rings. The van der Waals surface area contributed by atoms with Crippen molar-refractivity contribution in [2.75, 3.05) is 5.32 Å². The van der Waals surface area contributed by atoms with Crippen molar-refractivity contribution < 1.29 is 9.59 Å². The summed E-state index contributed by atoms with van der Waals surface area (Å²) in [6, 6.07) is 5.77. The van der Waals surface area contributed by atoms with E-state index in [2.05, 4.69) is 22.5 Å². The number of amides is 2. The lowest BCUT2D eigenvalue weighted by Crippen LogP contribution is -2.38. The van der Waals surface area contributed by atoms with Crippen LogP contribution >= 0.6 is 11.3 Å². The van der Waals surface area contributed by atoms with E-state index in [4.69, 9.17) is 0 Å². The van der Waals surface area contributed by atoms with Gasteiger partial charge in [-0.15, -0.1) is 11.3 Å². The molecule has 2 aromatic rings. The monoisotopic (exact) mass is 357 g/mol. The number of thiophene rings is 1. The molecule has 0 aliphatic heterocycles. The Labute approximate surface area is 151 Å². The molecular formula is C19H23N3O2S. The lowest BCUT2D eigenvalue weighted by molar-refractivity contribution is -0.105. The van der Waals surface area contributed by atoms with Crippen molar-refractivity contribution in [1.29, 1.82) is 0 Å². The average molecular weight is 357 g/mol. The summed E-state index contributed by atoms with van der Waals surface area (Å²) in [4.78, 5) is 29.2. The molecule has 1 aliphatic carbocycles. The van der Waals surface area contributed by atoms with Crippen LogP contribution in [-0.4, -0.2) is 23.3 Å². The molecule has 6 heteroatoms. The molecular weight excluding hydrogens is 334 g/mol. The molecule has 2 N–H and O–H groups in total. The first-order valence-electron chi connectivity index (χ1n) is 8.74. The predicted octanol–water partition coefficient (Wildman–Crippen LogP) is 4.08. The smallest absolute Gasteiger partial charge is 0.263 e. The molecule has 132 valence electrons. The van der Waals surface area contributed by atoms with Gasteiger partial charge in [-0.25, -0.2) is 0 Å². The Hall–Kier alpha value is -2.21. The van der Waals surface area contributed by atoms with E-state index >= 15 is 0 Å². The number of hydrogen-bond acceptors (Lipinski definition) is 4. The second-order valence-corrected chi connectivity index (χ2v) is 7.56. The van der Waals surface area contributed by atoms with E-state index in [0.717, 1.165) is 10.4 Å². The summed E-state index contributed by atoms with van der Waals surface area (Å²) < 4.78 is 0. The summed E-state index contributed by atoms with van der Waals surface area (Å²) in [5.41, 5.74) is 1.54. The summed E-state index contributed by atoms with van der Waals surface area (Å²) in [5, 5.41) is 5.79. The van der Waals surface area contributed by atoms with E-state index < -0.39 is 0 Å². The lowest BCUT2D eigenvalue weighted by atomic mass is 9.84. The topological polar surface area (TPSA) is 71.1 Å². The molecule has 1 unspecified atom stereocenters. The second kappa shape index (κ2) is 8.25. The van der Waals surface area contributed by atoms with Crippen molar-refractivity contribution >= 4 is 29.3 Å². The molecule has 25 heavy (non-hydrogen) atoms. The minimum atomic E-state index is -0.118. The number of nitrogens with one attached hydrogen (secondary N) is 2. The van der Waals surface area contributed by atoms with Crippen molar-refractivity contribution in [3.8, 4) is 10.4 Å². The maximum atomic E-state index is 12.8. The van der Waals surface area contributed by atoms with Gasteiger partial charge in [0.05, 0.1) is 5.69 Å². The third-order valence-corrected chi connectivity index (χ3v) is 6.02. The summed E-state index contributed by atoms with van der Waals surface area (Å²) in [6.07, 6.45) is 10.2. The van der Waals surface area contributed by atoms with Crippen LogP contribution < -0.4 is 10.6 Å². The molecule has 5 nitrogen and oxygen atoms in total. The molecule has 2 heterocycles. The summed E-state index contributed by atoms with van der Waals surface area (Å²) >= 11 is 1.39. The highest BCUT2D eigenvalue weighted by Crippen LogP contribution is 2.35. The maximum Gasteiger partial charge on any atom is 0.263 e. The van der Waals surface area contributed by atoms with Crippen LogP contribution in [0.4, 0.5) is 5.69 Å². The molecule has 1 saturated carbocycles. The summed E-state index contributed by atoms with van der Waals surface area (Å²) in [7, 11) is 0. The van der Waals surface area contributed by atoms with Crippen LogP contribution in [0.1, 0.15) is 48.7 Å². The fourth-order valence-corrected chi connectivity index (χ4v) is 4.44. The minimum Gasteiger partial charge on any atom is -0.349 e. The highest BCUT2D eigenvalue weighted by molar-refractivity contribution is 7.18. The molecule has 1 aliphatic rings. The number of anilines is 1. The standard InChI is InChI=1S/C19H23N3O2S/c1-13(14-5-3-2-4-6-14)22-19(24)18-16(21-12-23)11-17(25-18)15-7-9-20-10-8-15/h7-14H,2-6H2,1H3,(H,21,23)(H,22,24). The quantitative estimate of drug-likeness (QED) is 0.765. The number of nitrogens with zero attached hydrogens (tertiary/aromatic N) is 1. The van der Waals surface area contributed by atoms with Crippen LogP contribution in [0.2, 0.25) is 0 Å². The Bertz CT molecular complexity index is 724. The van der Waals surface area contributed by atoms with Gasteiger partial charge in [-0.2, -0.15) is 0 Å². The highest BCUT2D eigenvalue weighted by Gasteiger charge is 2.24. The minimum absolute atomic E-state index is 0.118. The molecule has 2 aromatic heterocycles. The van der Waals surface area contributed by atoms with Crippen LogP contribution in [0, 0.1) is 5.92 Å². The molecule has 2 amide bonds. The van der Waals surface area contributed by atoms with Crippen molar-refractivity contribution in [2.24, 2.45) is 5.92 Å². The van der Waals surface area contributed by atoms with Crippen molar-refractivity contribution in [2.45, 2.75) is 45.1 Å². The lowest BCUT2D eigenvalue weighted by Gasteiger charge is -2.28. The van der Waals surface area contributed by atoms with Gasteiger partial charge in [0, 0.05) is 23.3 Å². The normalized spacial score (nSPS) is 16.2. The van der Waals surface area contributed by atoms with E-state index in [-0.39, 0.29) is 11.9 Å². The summed E-state index contributed by atoms with van der Waals surface area (Å²) in [5.74, 6) is 0.424. The Kier molecular flexibility index (Phi) is 5.81. The molecule has 0 saturated heterocycles. The maximum absolute atomic E-state index is 12.8. The van der Waals surface area contributed by atoms with Gasteiger partial charge in [0.15, 0.2) is 0 Å². The largest absolute Gasteiger partial charge is 0.349 e. The van der Waals surface area contributed by atoms with Crippen LogP contribution in [0.5, 0.6) is 0 Å². The number of carbonyl (C=O) groups is 2. The van der Waals surface area contributed by atoms with Gasteiger partial charge in [0.25, 0.3) is 5.91 Å². The number of hydrogen-bond donors (Lipinski definition) is 2. The number of carbonyl (C=O) groups excluding carboxylic acids is 2. The molecule has 0 aromatic carbocycles. The van der Waals surface area contributed by atoms with Crippen LogP contribution in [0.3, 0.4) is 0 Å². The number of rotatable bonds is 6. The van der Waals surface area contributed by atoms with Crippen LogP contribution in [0.15, 0.2) is 30.6 Å². The molecule has 0 spiro atoms. The Morgan fingerprint density at radius 1 is 1.28 bits per heavy atom. The Morgan fingerprint density at radius 2 is 2.00 bits per heavy atom. The zero-order valence-electron chi connectivity index (χ0n) is 14.3. The van der Waals surface area contributed by atoms with Gasteiger partial charge >= 0.3 is 0 Å². The third kappa shape index (κ3) is 4.25. The molecule has 1 atom stereocenters. The first-order chi connectivity index (χ1) is 12.2. The van der Waals surface area contributed by atoms with Gasteiger partial charge in [-0.05, 0) is 49.4 Å². The van der Waals surface area contributed by atoms with Gasteiger partial charge in [-0.1, -0.05) is 19.3 Å². The van der Waals surface area contributed by atoms with E-state index in [0.29, 0.717) is 22.9 Å². The zero-order valence-corrected chi connectivity index (χ0v) is 15.1. The van der Waals surface area contributed by atoms with Crippen LogP contribution in [-0.2, 0) is 4.79 Å². The number of pyridine rings is 1. The first-order valence-corrected chi connectivity index (χ1v) is 9.56. The highest BCUT2D eigenvalue weighted by atomic mass is 32.1. The molecule has 3 rings (SSSR count). The van der Waals surface area contributed by atoms with E-state index in [1.807, 2.05) is 18.2 Å². The number of aromatic nitrogens is 1. The molecule has 0 radical (unpaired) electrons. The fourth-order valence-electron chi connectivity index (χ4n) is 3.41. The van der Waals surface area contributed by atoms with Gasteiger partial charge in [0.1, 0.15) is 4.88 Å². The van der Waals surface area contributed by atoms with E-state index in [1.165, 1.54) is 43.4 Å². The molecule has 0 bridgehead atoms. The second-order valence-electron chi connectivity index (χ2n) is 6.51. The zero-order chi connectivity index (χ0) is 17.6. The average Bonchev–Trinajstić information content (AvgIpc) is 3.07. The van der Waals surface area contributed by atoms with Gasteiger partial charge < -0.3 is 10.6 Å². The van der Waals surface area contributed by atoms with Crippen LogP contribution in [0.25, 0.3) is 10.4 Å². The van der Waals surface area contributed by atoms with Crippen molar-refractivity contribution in [1.82, 2.24) is 10.3 Å². The van der Waals surface area contributed by atoms with Gasteiger partial charge in [-0.3, -0.25) is 14.6 Å².